The Labute approximate surface area is 143 Å². The summed E-state index contributed by atoms with van der Waals surface area (Å²) in [5.41, 5.74) is 9.56. The number of carbonyl (C=O) groups excluding carboxylic acids is 2. The molecule has 0 saturated carbocycles. The molecule has 0 aliphatic heterocycles. The van der Waals surface area contributed by atoms with Crippen LogP contribution in [-0.4, -0.2) is 16.3 Å². The zero-order valence-electron chi connectivity index (χ0n) is 13.4. The molecule has 2 N–H and O–H groups in total. The summed E-state index contributed by atoms with van der Waals surface area (Å²) >= 11 is 3.41. The number of aryl methyl sites for hydroxylation is 1. The van der Waals surface area contributed by atoms with Crippen molar-refractivity contribution in [2.75, 3.05) is 0 Å². The number of Topliss-reactive ketones (excluding diaryl/α,β-unsaturated/α-hetero) is 1. The lowest BCUT2D eigenvalue weighted by Gasteiger charge is -2.30. The Morgan fingerprint density at radius 2 is 1.96 bits per heavy atom. The van der Waals surface area contributed by atoms with Crippen molar-refractivity contribution in [3.05, 3.63) is 51.3 Å². The van der Waals surface area contributed by atoms with Gasteiger partial charge in [0, 0.05) is 33.5 Å². The third-order valence-electron chi connectivity index (χ3n) is 4.35. The summed E-state index contributed by atoms with van der Waals surface area (Å²) in [6.45, 7) is 6.23. The molecule has 0 fully saturated rings. The number of halogens is 1. The largest absolute Gasteiger partial charge is 0.366 e. The average Bonchev–Trinajstić information content (AvgIpc) is 2.73. The number of rotatable bonds is 2. The van der Waals surface area contributed by atoms with E-state index in [0.717, 1.165) is 29.1 Å². The van der Waals surface area contributed by atoms with Crippen molar-refractivity contribution >= 4 is 27.6 Å². The Bertz CT molecular complexity index is 834. The summed E-state index contributed by atoms with van der Waals surface area (Å²) in [6, 6.07) is 7.41. The number of carbonyl (C=O) groups is 2. The van der Waals surface area contributed by atoms with Crippen LogP contribution in [0.15, 0.2) is 28.7 Å². The van der Waals surface area contributed by atoms with Crippen molar-refractivity contribution in [2.45, 2.75) is 33.6 Å². The maximum absolute atomic E-state index is 12.4. The minimum Gasteiger partial charge on any atom is -0.366 e. The average molecular weight is 375 g/mol. The Hall–Kier alpha value is -1.88. The predicted molar refractivity (Wildman–Crippen MR) is 93.2 cm³/mol. The normalized spacial score (nSPS) is 16.3. The maximum atomic E-state index is 12.4. The molecule has 1 aliphatic rings. The minimum absolute atomic E-state index is 0.0446. The summed E-state index contributed by atoms with van der Waals surface area (Å²) in [5, 5.41) is 0. The van der Waals surface area contributed by atoms with Gasteiger partial charge in [-0.1, -0.05) is 13.8 Å². The van der Waals surface area contributed by atoms with Crippen LogP contribution in [0.1, 0.15) is 52.4 Å². The maximum Gasteiger partial charge on any atom is 0.249 e. The Balaban J connectivity index is 2.17. The Kier molecular flexibility index (Phi) is 3.71. The number of hydrogen-bond donors (Lipinski definition) is 1. The minimum atomic E-state index is -0.467. The quantitative estimate of drug-likeness (QED) is 0.868. The second-order valence-electron chi connectivity index (χ2n) is 6.95. The van der Waals surface area contributed by atoms with E-state index in [1.54, 1.807) is 6.07 Å². The third kappa shape index (κ3) is 2.74. The number of fused-ring (bicyclic) bond motifs is 1. The molecule has 0 radical (unpaired) electrons. The van der Waals surface area contributed by atoms with Crippen LogP contribution in [0.3, 0.4) is 0 Å². The van der Waals surface area contributed by atoms with Gasteiger partial charge in [0.2, 0.25) is 5.91 Å². The van der Waals surface area contributed by atoms with Crippen molar-refractivity contribution < 1.29 is 9.59 Å². The number of hydrogen-bond acceptors (Lipinski definition) is 2. The number of ketones is 1. The molecule has 1 heterocycles. The van der Waals surface area contributed by atoms with E-state index in [-0.39, 0.29) is 11.2 Å². The van der Waals surface area contributed by atoms with Gasteiger partial charge in [0.25, 0.3) is 0 Å². The topological polar surface area (TPSA) is 65.1 Å². The van der Waals surface area contributed by atoms with Crippen LogP contribution >= 0.6 is 15.9 Å². The molecule has 0 saturated heterocycles. The van der Waals surface area contributed by atoms with E-state index in [2.05, 4.69) is 34.3 Å². The molecule has 1 aliphatic carbocycles. The highest BCUT2D eigenvalue weighted by molar-refractivity contribution is 9.10. The first-order valence-electron chi connectivity index (χ1n) is 7.54. The Morgan fingerprint density at radius 1 is 1.26 bits per heavy atom. The molecule has 2 aromatic rings. The molecule has 0 bridgehead atoms. The summed E-state index contributed by atoms with van der Waals surface area (Å²) in [4.78, 5) is 23.8. The Morgan fingerprint density at radius 3 is 2.57 bits per heavy atom. The first-order chi connectivity index (χ1) is 10.7. The summed E-state index contributed by atoms with van der Waals surface area (Å²) in [5.74, 6) is -0.267. The molecule has 3 rings (SSSR count). The van der Waals surface area contributed by atoms with Gasteiger partial charge >= 0.3 is 0 Å². The van der Waals surface area contributed by atoms with Crippen molar-refractivity contribution in [1.29, 1.82) is 0 Å². The van der Waals surface area contributed by atoms with Gasteiger partial charge in [0.1, 0.15) is 0 Å². The second-order valence-corrected chi connectivity index (χ2v) is 7.81. The van der Waals surface area contributed by atoms with Gasteiger partial charge in [-0.05, 0) is 59.0 Å². The van der Waals surface area contributed by atoms with Crippen LogP contribution in [-0.2, 0) is 6.42 Å². The highest BCUT2D eigenvalue weighted by Crippen LogP contribution is 2.37. The van der Waals surface area contributed by atoms with Gasteiger partial charge in [-0.3, -0.25) is 9.59 Å². The number of primary amides is 1. The van der Waals surface area contributed by atoms with Crippen molar-refractivity contribution in [3.8, 4) is 5.69 Å². The number of nitrogens with two attached hydrogens (primary N) is 1. The molecular weight excluding hydrogens is 356 g/mol. The zero-order chi connectivity index (χ0) is 16.9. The number of benzene rings is 1. The van der Waals surface area contributed by atoms with Crippen LogP contribution < -0.4 is 5.73 Å². The summed E-state index contributed by atoms with van der Waals surface area (Å²) in [7, 11) is 0. The molecular formula is C18H19BrN2O2. The lowest BCUT2D eigenvalue weighted by molar-refractivity contribution is 0.0910. The highest BCUT2D eigenvalue weighted by Gasteiger charge is 2.34. The number of aromatic nitrogens is 1. The van der Waals surface area contributed by atoms with Crippen molar-refractivity contribution in [3.63, 3.8) is 0 Å². The predicted octanol–water partition coefficient (Wildman–Crippen LogP) is 3.80. The molecule has 1 aromatic carbocycles. The van der Waals surface area contributed by atoms with Gasteiger partial charge < -0.3 is 10.3 Å². The molecule has 5 heteroatoms. The molecule has 1 amide bonds. The van der Waals surface area contributed by atoms with E-state index in [9.17, 15) is 9.59 Å². The fourth-order valence-corrected chi connectivity index (χ4v) is 3.92. The van der Waals surface area contributed by atoms with Gasteiger partial charge in [0.15, 0.2) is 5.78 Å². The second kappa shape index (κ2) is 5.34. The summed E-state index contributed by atoms with van der Waals surface area (Å²) in [6.07, 6.45) is 1.42. The molecule has 0 atom stereocenters. The molecule has 1 aromatic heterocycles. The van der Waals surface area contributed by atoms with Crippen LogP contribution in [0.4, 0.5) is 0 Å². The SMILES string of the molecule is Cc1cc2c(n1-c1ccc(C(N)=O)c(Br)c1)CC(C)(C)CC2=O. The zero-order valence-corrected chi connectivity index (χ0v) is 15.0. The molecule has 0 unspecified atom stereocenters. The van der Waals surface area contributed by atoms with Crippen LogP contribution in [0.2, 0.25) is 0 Å². The fraction of sp³-hybridized carbons (Fsp3) is 0.333. The van der Waals surface area contributed by atoms with E-state index in [1.807, 2.05) is 25.1 Å². The van der Waals surface area contributed by atoms with E-state index in [4.69, 9.17) is 5.73 Å². The van der Waals surface area contributed by atoms with Crippen LogP contribution in [0, 0.1) is 12.3 Å². The van der Waals surface area contributed by atoms with E-state index < -0.39 is 5.91 Å². The first kappa shape index (κ1) is 16.0. The number of nitrogens with zero attached hydrogens (tertiary/aromatic N) is 1. The van der Waals surface area contributed by atoms with Crippen LogP contribution in [0.25, 0.3) is 5.69 Å². The third-order valence-corrected chi connectivity index (χ3v) is 5.00. The molecule has 4 nitrogen and oxygen atoms in total. The van der Waals surface area contributed by atoms with Gasteiger partial charge in [-0.15, -0.1) is 0 Å². The van der Waals surface area contributed by atoms with Crippen molar-refractivity contribution in [1.82, 2.24) is 4.57 Å². The molecule has 0 spiro atoms. The lowest BCUT2D eigenvalue weighted by atomic mass is 9.76. The first-order valence-corrected chi connectivity index (χ1v) is 8.33. The van der Waals surface area contributed by atoms with E-state index in [0.29, 0.717) is 16.5 Å². The lowest BCUT2D eigenvalue weighted by Crippen LogP contribution is -2.27. The standard InChI is InChI=1S/C18H19BrN2O2/c1-10-6-13-15(8-18(2,3)9-16(13)22)21(10)11-4-5-12(17(20)23)14(19)7-11/h4-7H,8-9H2,1-3H3,(H2,20,23). The van der Waals surface area contributed by atoms with Gasteiger partial charge in [-0.2, -0.15) is 0 Å². The van der Waals surface area contributed by atoms with E-state index in [1.165, 1.54) is 0 Å². The highest BCUT2D eigenvalue weighted by atomic mass is 79.9. The van der Waals surface area contributed by atoms with Crippen molar-refractivity contribution in [2.24, 2.45) is 11.1 Å². The molecule has 120 valence electrons. The monoisotopic (exact) mass is 374 g/mol. The van der Waals surface area contributed by atoms with Gasteiger partial charge in [0.05, 0.1) is 5.56 Å². The molecule has 23 heavy (non-hydrogen) atoms. The number of amides is 1. The van der Waals surface area contributed by atoms with Crippen LogP contribution in [0.5, 0.6) is 0 Å². The van der Waals surface area contributed by atoms with E-state index >= 15 is 0 Å². The van der Waals surface area contributed by atoms with Gasteiger partial charge in [-0.25, -0.2) is 0 Å². The summed E-state index contributed by atoms with van der Waals surface area (Å²) < 4.78 is 2.76. The fourth-order valence-electron chi connectivity index (χ4n) is 3.35. The smallest absolute Gasteiger partial charge is 0.249 e.